The molecule has 1 aliphatic heterocycles. The number of ether oxygens (including phenoxy) is 1. The number of carbonyl (C=O) groups is 1. The van der Waals surface area contributed by atoms with Gasteiger partial charge in [0.15, 0.2) is 0 Å². The predicted octanol–water partition coefficient (Wildman–Crippen LogP) is 2.47. The highest BCUT2D eigenvalue weighted by Gasteiger charge is 2.24. The van der Waals surface area contributed by atoms with E-state index in [0.717, 1.165) is 0 Å². The first-order valence-electron chi connectivity index (χ1n) is 5.11. The summed E-state index contributed by atoms with van der Waals surface area (Å²) in [7, 11) is 0. The Balaban J connectivity index is 2.59. The Morgan fingerprint density at radius 1 is 1.62 bits per heavy atom. The van der Waals surface area contributed by atoms with Crippen molar-refractivity contribution in [2.45, 2.75) is 32.4 Å². The molecule has 1 aliphatic rings. The van der Waals surface area contributed by atoms with E-state index >= 15 is 0 Å². The van der Waals surface area contributed by atoms with E-state index in [1.807, 2.05) is 20.8 Å². The Kier molecular flexibility index (Phi) is 3.79. The lowest BCUT2D eigenvalue weighted by atomic mass is 10.2. The molecule has 0 N–H and O–H groups in total. The quantitative estimate of drug-likeness (QED) is 0.297. The van der Waals surface area contributed by atoms with Crippen LogP contribution in [-0.4, -0.2) is 35.7 Å². The highest BCUT2D eigenvalue weighted by atomic mass is 16.6. The molecule has 0 spiro atoms. The number of hydrogen-bond acceptors (Lipinski definition) is 3. The molecule has 1 rings (SSSR count). The van der Waals surface area contributed by atoms with Gasteiger partial charge in [-0.05, 0) is 26.3 Å². The molecule has 6 heteroatoms. The highest BCUT2D eigenvalue weighted by Crippen LogP contribution is 2.13. The lowest BCUT2D eigenvalue weighted by molar-refractivity contribution is 0.0260. The van der Waals surface area contributed by atoms with Gasteiger partial charge in [0.05, 0.1) is 6.04 Å². The van der Waals surface area contributed by atoms with Crippen molar-refractivity contribution in [2.24, 2.45) is 5.11 Å². The zero-order valence-electron chi connectivity index (χ0n) is 9.75. The van der Waals surface area contributed by atoms with Crippen molar-refractivity contribution in [1.82, 2.24) is 4.90 Å². The van der Waals surface area contributed by atoms with Crippen LogP contribution in [0.3, 0.4) is 0 Å². The third-order valence-corrected chi connectivity index (χ3v) is 1.94. The first kappa shape index (κ1) is 12.4. The summed E-state index contributed by atoms with van der Waals surface area (Å²) in [5.41, 5.74) is 7.81. The van der Waals surface area contributed by atoms with E-state index in [1.54, 1.807) is 12.2 Å². The predicted molar refractivity (Wildman–Crippen MR) is 59.9 cm³/mol. The van der Waals surface area contributed by atoms with E-state index in [9.17, 15) is 4.79 Å². The number of carbonyl (C=O) groups excluding carboxylic acids is 1. The number of azide groups is 1. The minimum atomic E-state index is -0.508. The molecule has 0 saturated heterocycles. The van der Waals surface area contributed by atoms with Gasteiger partial charge in [-0.15, -0.1) is 0 Å². The van der Waals surface area contributed by atoms with Gasteiger partial charge in [-0.1, -0.05) is 17.3 Å². The zero-order valence-corrected chi connectivity index (χ0v) is 9.75. The minimum Gasteiger partial charge on any atom is -0.444 e. The molecule has 1 heterocycles. The van der Waals surface area contributed by atoms with Crippen LogP contribution in [0.15, 0.2) is 17.3 Å². The summed E-state index contributed by atoms with van der Waals surface area (Å²) in [6.45, 7) is 6.31. The van der Waals surface area contributed by atoms with Gasteiger partial charge in [0, 0.05) is 18.0 Å². The van der Waals surface area contributed by atoms with Crippen LogP contribution in [0.1, 0.15) is 20.8 Å². The molecule has 16 heavy (non-hydrogen) atoms. The van der Waals surface area contributed by atoms with Crippen LogP contribution in [0.25, 0.3) is 10.4 Å². The van der Waals surface area contributed by atoms with Gasteiger partial charge < -0.3 is 9.64 Å². The fourth-order valence-corrected chi connectivity index (χ4v) is 1.32. The van der Waals surface area contributed by atoms with Crippen LogP contribution in [-0.2, 0) is 4.74 Å². The largest absolute Gasteiger partial charge is 0.444 e. The second-order valence-electron chi connectivity index (χ2n) is 4.59. The lowest BCUT2D eigenvalue weighted by Gasteiger charge is -2.29. The average molecular weight is 224 g/mol. The maximum Gasteiger partial charge on any atom is 0.410 e. The second kappa shape index (κ2) is 4.90. The van der Waals surface area contributed by atoms with Crippen molar-refractivity contribution < 1.29 is 9.53 Å². The van der Waals surface area contributed by atoms with Crippen LogP contribution in [0, 0.1) is 0 Å². The van der Waals surface area contributed by atoms with Crippen LogP contribution in [0.4, 0.5) is 4.79 Å². The first-order chi connectivity index (χ1) is 7.42. The summed E-state index contributed by atoms with van der Waals surface area (Å²) in [5, 5.41) is 3.56. The summed E-state index contributed by atoms with van der Waals surface area (Å²) in [5.74, 6) is 0. The summed E-state index contributed by atoms with van der Waals surface area (Å²) < 4.78 is 5.22. The van der Waals surface area contributed by atoms with Gasteiger partial charge in [0.25, 0.3) is 0 Å². The van der Waals surface area contributed by atoms with Crippen molar-refractivity contribution in [3.63, 3.8) is 0 Å². The molecule has 0 aromatic heterocycles. The maximum atomic E-state index is 11.7. The monoisotopic (exact) mass is 224 g/mol. The van der Waals surface area contributed by atoms with Crippen molar-refractivity contribution in [2.75, 3.05) is 13.1 Å². The van der Waals surface area contributed by atoms with Crippen molar-refractivity contribution >= 4 is 6.09 Å². The van der Waals surface area contributed by atoms with Crippen molar-refractivity contribution in [3.8, 4) is 0 Å². The van der Waals surface area contributed by atoms with Crippen molar-refractivity contribution in [1.29, 1.82) is 0 Å². The summed E-state index contributed by atoms with van der Waals surface area (Å²) >= 11 is 0. The topological polar surface area (TPSA) is 78.3 Å². The SMILES string of the molecule is CC(C)(C)OC(=O)N1CC=CC(N=[N+]=[N-])C1. The van der Waals surface area contributed by atoms with E-state index in [0.29, 0.717) is 13.1 Å². The number of amides is 1. The number of rotatable bonds is 1. The molecule has 0 fully saturated rings. The van der Waals surface area contributed by atoms with Gasteiger partial charge in [-0.2, -0.15) is 0 Å². The molecular weight excluding hydrogens is 208 g/mol. The molecule has 0 aliphatic carbocycles. The normalized spacial score (nSPS) is 20.2. The lowest BCUT2D eigenvalue weighted by Crippen LogP contribution is -2.42. The van der Waals surface area contributed by atoms with Gasteiger partial charge in [-0.3, -0.25) is 0 Å². The van der Waals surface area contributed by atoms with Crippen LogP contribution in [0.5, 0.6) is 0 Å². The van der Waals surface area contributed by atoms with Crippen LogP contribution < -0.4 is 0 Å². The third-order valence-electron chi connectivity index (χ3n) is 1.94. The van der Waals surface area contributed by atoms with Gasteiger partial charge in [-0.25, -0.2) is 4.79 Å². The Labute approximate surface area is 94.5 Å². The number of nitrogens with zero attached hydrogens (tertiary/aromatic N) is 4. The molecule has 6 nitrogen and oxygen atoms in total. The Morgan fingerprint density at radius 2 is 2.31 bits per heavy atom. The van der Waals surface area contributed by atoms with Gasteiger partial charge in [0.1, 0.15) is 5.60 Å². The molecule has 0 aromatic carbocycles. The molecule has 1 unspecified atom stereocenters. The smallest absolute Gasteiger partial charge is 0.410 e. The molecule has 0 aromatic rings. The number of hydrogen-bond donors (Lipinski definition) is 0. The van der Waals surface area contributed by atoms with E-state index in [2.05, 4.69) is 10.0 Å². The standard InChI is InChI=1S/C10H16N4O2/c1-10(2,3)16-9(15)14-6-4-5-8(7-14)12-13-11/h4-5,8H,6-7H2,1-3H3. The molecular formula is C10H16N4O2. The molecule has 0 bridgehead atoms. The zero-order chi connectivity index (χ0) is 12.2. The molecule has 0 saturated carbocycles. The third kappa shape index (κ3) is 3.82. The van der Waals surface area contributed by atoms with Crippen LogP contribution in [0.2, 0.25) is 0 Å². The Hall–Kier alpha value is -1.68. The Morgan fingerprint density at radius 3 is 2.88 bits per heavy atom. The fraction of sp³-hybridized carbons (Fsp3) is 0.700. The fourth-order valence-electron chi connectivity index (χ4n) is 1.32. The molecule has 1 amide bonds. The van der Waals surface area contributed by atoms with E-state index < -0.39 is 5.60 Å². The van der Waals surface area contributed by atoms with E-state index in [1.165, 1.54) is 4.90 Å². The summed E-state index contributed by atoms with van der Waals surface area (Å²) in [6.07, 6.45) is 3.21. The summed E-state index contributed by atoms with van der Waals surface area (Å²) in [6, 6.07) is -0.300. The van der Waals surface area contributed by atoms with Gasteiger partial charge in [0.2, 0.25) is 0 Å². The highest BCUT2D eigenvalue weighted by molar-refractivity contribution is 5.68. The molecule has 88 valence electrons. The van der Waals surface area contributed by atoms with Crippen molar-refractivity contribution in [3.05, 3.63) is 22.6 Å². The first-order valence-corrected chi connectivity index (χ1v) is 5.11. The van der Waals surface area contributed by atoms with Crippen LogP contribution >= 0.6 is 0 Å². The van der Waals surface area contributed by atoms with E-state index in [4.69, 9.17) is 10.3 Å². The minimum absolute atomic E-state index is 0.300. The summed E-state index contributed by atoms with van der Waals surface area (Å²) in [4.78, 5) is 15.9. The maximum absolute atomic E-state index is 11.7. The Bertz CT molecular complexity index is 339. The average Bonchev–Trinajstić information content (AvgIpc) is 2.16. The van der Waals surface area contributed by atoms with Gasteiger partial charge >= 0.3 is 6.09 Å². The molecule has 1 atom stereocenters. The van der Waals surface area contributed by atoms with E-state index in [-0.39, 0.29) is 12.1 Å². The second-order valence-corrected chi connectivity index (χ2v) is 4.59. The molecule has 0 radical (unpaired) electrons.